The summed E-state index contributed by atoms with van der Waals surface area (Å²) in [6.45, 7) is 0. The van der Waals surface area contributed by atoms with E-state index in [1.54, 1.807) is 47.2 Å². The fraction of sp³-hybridized carbons (Fsp3) is 0.167. The lowest BCUT2D eigenvalue weighted by Gasteiger charge is -2.11. The van der Waals surface area contributed by atoms with Crippen LogP contribution >= 0.6 is 22.9 Å². The minimum atomic E-state index is -0.935. The molecule has 180 valence electrons. The molecule has 1 aromatic carbocycles. The summed E-state index contributed by atoms with van der Waals surface area (Å²) in [7, 11) is 1.63. The zero-order valence-electron chi connectivity index (χ0n) is 18.9. The van der Waals surface area contributed by atoms with Crippen molar-refractivity contribution in [3.8, 4) is 27.4 Å². The van der Waals surface area contributed by atoms with Crippen LogP contribution in [0.1, 0.15) is 39.1 Å². The molecule has 2 N–H and O–H groups in total. The highest BCUT2D eigenvalue weighted by atomic mass is 35.5. The highest BCUT2D eigenvalue weighted by Crippen LogP contribution is 2.38. The van der Waals surface area contributed by atoms with Gasteiger partial charge in [0, 0.05) is 20.9 Å². The summed E-state index contributed by atoms with van der Waals surface area (Å²) in [4.78, 5) is 26.2. The molecule has 1 unspecified atom stereocenters. The fourth-order valence-corrected chi connectivity index (χ4v) is 5.64. The topological polar surface area (TPSA) is 123 Å². The van der Waals surface area contributed by atoms with Crippen LogP contribution in [0.2, 0.25) is 5.02 Å². The molecular weight excluding hydrogens is 502 g/mol. The van der Waals surface area contributed by atoms with Gasteiger partial charge in [-0.05, 0) is 59.7 Å². The summed E-state index contributed by atoms with van der Waals surface area (Å²) >= 11 is 7.57. The third kappa shape index (κ3) is 3.82. The molecular formula is C24H19ClN7O3S+. The van der Waals surface area contributed by atoms with Crippen molar-refractivity contribution in [1.82, 2.24) is 30.2 Å². The van der Waals surface area contributed by atoms with Gasteiger partial charge < -0.3 is 10.1 Å². The van der Waals surface area contributed by atoms with Crippen molar-refractivity contribution >= 4 is 28.9 Å². The van der Waals surface area contributed by atoms with Crippen LogP contribution in [-0.2, 0) is 6.42 Å². The molecule has 0 saturated carbocycles. The minimum Gasteiger partial charge on any atom is -0.477 e. The number of carboxylic acids is 1. The average Bonchev–Trinajstić information content (AvgIpc) is 3.67. The van der Waals surface area contributed by atoms with Crippen molar-refractivity contribution in [3.63, 3.8) is 0 Å². The van der Waals surface area contributed by atoms with Gasteiger partial charge >= 0.3 is 5.97 Å². The summed E-state index contributed by atoms with van der Waals surface area (Å²) in [5.41, 5.74) is 5.55. The Bertz CT molecular complexity index is 1600. The number of aromatic amines is 1. The molecule has 1 atom stereocenters. The van der Waals surface area contributed by atoms with Crippen LogP contribution in [0.4, 0.5) is 0 Å². The van der Waals surface area contributed by atoms with E-state index < -0.39 is 5.97 Å². The number of hydrogen-bond donors (Lipinski definition) is 2. The summed E-state index contributed by atoms with van der Waals surface area (Å²) in [5.74, 6) is -0.125. The maximum absolute atomic E-state index is 11.3. The second-order valence-electron chi connectivity index (χ2n) is 8.31. The van der Waals surface area contributed by atoms with E-state index in [-0.39, 0.29) is 5.92 Å². The Hall–Kier alpha value is -4.09. The van der Waals surface area contributed by atoms with E-state index in [0.29, 0.717) is 9.90 Å². The number of aromatic nitrogens is 7. The van der Waals surface area contributed by atoms with Crippen LogP contribution in [0.25, 0.3) is 27.4 Å². The number of carbonyl (C=O) groups is 1. The van der Waals surface area contributed by atoms with Gasteiger partial charge in [0.1, 0.15) is 30.1 Å². The van der Waals surface area contributed by atoms with Gasteiger partial charge in [-0.1, -0.05) is 11.6 Å². The molecule has 1 aliphatic rings. The minimum absolute atomic E-state index is 0.00000329. The van der Waals surface area contributed by atoms with Crippen LogP contribution < -0.4 is 9.57 Å². The van der Waals surface area contributed by atoms with Crippen molar-refractivity contribution in [2.75, 3.05) is 7.11 Å². The van der Waals surface area contributed by atoms with E-state index in [1.807, 2.05) is 18.3 Å². The lowest BCUT2D eigenvalue weighted by Crippen LogP contribution is -2.45. The SMILES string of the molecule is CO[n+]1cc(-c2cc(Cl)ccc2-n2cnnn2)cc2c1C(c1ncc(-c3ccc(C(=O)O)s3)[nH]1)CC2. The molecule has 36 heavy (non-hydrogen) atoms. The van der Waals surface area contributed by atoms with Crippen molar-refractivity contribution in [2.24, 2.45) is 0 Å². The highest BCUT2D eigenvalue weighted by Gasteiger charge is 2.37. The molecule has 0 fully saturated rings. The summed E-state index contributed by atoms with van der Waals surface area (Å²) in [5, 5.41) is 21.4. The Balaban J connectivity index is 1.39. The van der Waals surface area contributed by atoms with Gasteiger partial charge in [0.05, 0.1) is 28.0 Å². The number of imidazole rings is 1. The van der Waals surface area contributed by atoms with Crippen LogP contribution in [0.5, 0.6) is 0 Å². The van der Waals surface area contributed by atoms with Gasteiger partial charge in [0.15, 0.2) is 0 Å². The maximum atomic E-state index is 11.3. The molecule has 0 radical (unpaired) electrons. The maximum Gasteiger partial charge on any atom is 0.345 e. The lowest BCUT2D eigenvalue weighted by molar-refractivity contribution is -0.890. The van der Waals surface area contributed by atoms with Gasteiger partial charge in [0.2, 0.25) is 11.9 Å². The number of H-pyrrole nitrogens is 1. The van der Waals surface area contributed by atoms with Crippen LogP contribution in [0.3, 0.4) is 0 Å². The molecule has 0 amide bonds. The normalized spacial score (nSPS) is 14.7. The second kappa shape index (κ2) is 8.85. The Kier molecular flexibility index (Phi) is 5.50. The standard InChI is InChI=1S/C24H18ClN7O3S/c1-35-32-11-14(17-9-15(25)3-5-19(17)31-12-27-29-30-31)8-13-2-4-16(22(13)32)23-26-10-18(28-23)20-6-7-21(36-20)24(33)34/h3,5-12,16H,2,4H2,1H3,(H-,26,28,33,34)/p+1. The Morgan fingerprint density at radius 3 is 2.94 bits per heavy atom. The van der Waals surface area contributed by atoms with Gasteiger partial charge in [-0.25, -0.2) is 9.78 Å². The fourth-order valence-electron chi connectivity index (χ4n) is 4.66. The number of benzene rings is 1. The van der Waals surface area contributed by atoms with Crippen LogP contribution in [0.15, 0.2) is 55.1 Å². The zero-order valence-corrected chi connectivity index (χ0v) is 20.5. The molecule has 4 aromatic heterocycles. The van der Waals surface area contributed by atoms with Gasteiger partial charge in [-0.2, -0.15) is 4.68 Å². The number of nitrogens with one attached hydrogen (secondary N) is 1. The zero-order chi connectivity index (χ0) is 24.8. The third-order valence-corrected chi connectivity index (χ3v) is 7.60. The molecule has 0 bridgehead atoms. The Morgan fingerprint density at radius 2 is 2.19 bits per heavy atom. The number of halogens is 1. The number of rotatable bonds is 6. The quantitative estimate of drug-likeness (QED) is 0.328. The molecule has 0 spiro atoms. The summed E-state index contributed by atoms with van der Waals surface area (Å²) in [6, 6.07) is 11.1. The van der Waals surface area contributed by atoms with Gasteiger partial charge in [-0.15, -0.1) is 16.4 Å². The first-order chi connectivity index (χ1) is 17.5. The average molecular weight is 521 g/mol. The van der Waals surface area contributed by atoms with E-state index in [4.69, 9.17) is 16.4 Å². The molecule has 10 nitrogen and oxygen atoms in total. The Labute approximate surface area is 213 Å². The summed E-state index contributed by atoms with van der Waals surface area (Å²) in [6.07, 6.45) is 6.92. The molecule has 0 saturated heterocycles. The summed E-state index contributed by atoms with van der Waals surface area (Å²) < 4.78 is 3.38. The van der Waals surface area contributed by atoms with E-state index >= 15 is 0 Å². The number of aromatic carboxylic acids is 1. The van der Waals surface area contributed by atoms with Crippen LogP contribution in [0, 0.1) is 0 Å². The Morgan fingerprint density at radius 1 is 1.31 bits per heavy atom. The molecule has 1 aliphatic carbocycles. The highest BCUT2D eigenvalue weighted by molar-refractivity contribution is 7.17. The second-order valence-corrected chi connectivity index (χ2v) is 9.83. The van der Waals surface area contributed by atoms with E-state index in [0.717, 1.165) is 57.3 Å². The number of carboxylic acid groups (broad SMARTS) is 1. The first kappa shape index (κ1) is 22.4. The first-order valence-corrected chi connectivity index (χ1v) is 12.3. The number of pyridine rings is 1. The predicted molar refractivity (Wildman–Crippen MR) is 131 cm³/mol. The largest absolute Gasteiger partial charge is 0.477 e. The van der Waals surface area contributed by atoms with Crippen molar-refractivity contribution < 1.29 is 19.5 Å². The molecule has 0 aliphatic heterocycles. The van der Waals surface area contributed by atoms with E-state index in [9.17, 15) is 9.90 Å². The van der Waals surface area contributed by atoms with Crippen molar-refractivity contribution in [2.45, 2.75) is 18.8 Å². The number of aryl methyl sites for hydroxylation is 1. The number of fused-ring (bicyclic) bond motifs is 1. The first-order valence-electron chi connectivity index (χ1n) is 11.1. The molecule has 12 heteroatoms. The molecule has 5 aromatic rings. The van der Waals surface area contributed by atoms with E-state index in [2.05, 4.69) is 31.6 Å². The van der Waals surface area contributed by atoms with Gasteiger partial charge in [0.25, 0.3) is 0 Å². The van der Waals surface area contributed by atoms with Crippen LogP contribution in [-0.4, -0.2) is 48.4 Å². The smallest absolute Gasteiger partial charge is 0.345 e. The predicted octanol–water partition coefficient (Wildman–Crippen LogP) is 3.56. The lowest BCUT2D eigenvalue weighted by atomic mass is 10.0. The molecule has 4 heterocycles. The van der Waals surface area contributed by atoms with E-state index in [1.165, 1.54) is 11.3 Å². The number of hydrogen-bond acceptors (Lipinski definition) is 7. The number of thiophene rings is 1. The van der Waals surface area contributed by atoms with Crippen molar-refractivity contribution in [1.29, 1.82) is 0 Å². The number of nitrogens with zero attached hydrogens (tertiary/aromatic N) is 6. The monoisotopic (exact) mass is 520 g/mol. The van der Waals surface area contributed by atoms with Gasteiger partial charge in [-0.3, -0.25) is 4.84 Å². The number of tetrazole rings is 1. The molecule has 6 rings (SSSR count). The van der Waals surface area contributed by atoms with Crippen molar-refractivity contribution in [3.05, 3.63) is 82.1 Å². The third-order valence-electron chi connectivity index (χ3n) is 6.25.